The Balaban J connectivity index is 2.00. The minimum Gasteiger partial charge on any atom is -0.392 e. The number of rotatable bonds is 4. The van der Waals surface area contributed by atoms with Gasteiger partial charge in [-0.25, -0.2) is 0 Å². The Morgan fingerprint density at radius 2 is 1.75 bits per heavy atom. The number of aryl methyl sites for hydroxylation is 2. The SMILES string of the molecule is Cc1ccc(C(=O)NCc2ccc(CO)cc2)c(C)n1. The summed E-state index contributed by atoms with van der Waals surface area (Å²) in [5, 5.41) is 11.8. The fraction of sp³-hybridized carbons (Fsp3) is 0.250. The van der Waals surface area contributed by atoms with Gasteiger partial charge >= 0.3 is 0 Å². The normalized spacial score (nSPS) is 10.3. The predicted molar refractivity (Wildman–Crippen MR) is 77.2 cm³/mol. The van der Waals surface area contributed by atoms with E-state index in [0.29, 0.717) is 12.1 Å². The number of aromatic nitrogens is 1. The lowest BCUT2D eigenvalue weighted by Crippen LogP contribution is -2.24. The molecule has 0 aliphatic carbocycles. The quantitative estimate of drug-likeness (QED) is 0.894. The number of carbonyl (C=O) groups is 1. The van der Waals surface area contributed by atoms with Gasteiger partial charge < -0.3 is 10.4 Å². The standard InChI is InChI=1S/C16H18N2O2/c1-11-3-8-15(12(2)18-11)16(20)17-9-13-4-6-14(10-19)7-5-13/h3-8,19H,9-10H2,1-2H3,(H,17,20). The van der Waals surface area contributed by atoms with Crippen molar-refractivity contribution in [1.82, 2.24) is 10.3 Å². The summed E-state index contributed by atoms with van der Waals surface area (Å²) in [5.74, 6) is -0.124. The van der Waals surface area contributed by atoms with Crippen LogP contribution in [-0.4, -0.2) is 16.0 Å². The van der Waals surface area contributed by atoms with E-state index in [1.54, 1.807) is 6.07 Å². The number of hydrogen-bond donors (Lipinski definition) is 2. The molecule has 1 amide bonds. The van der Waals surface area contributed by atoms with Gasteiger partial charge in [0.05, 0.1) is 17.9 Å². The molecule has 20 heavy (non-hydrogen) atoms. The molecule has 0 saturated carbocycles. The van der Waals surface area contributed by atoms with Crippen LogP contribution in [0.2, 0.25) is 0 Å². The van der Waals surface area contributed by atoms with Crippen LogP contribution in [0.1, 0.15) is 32.9 Å². The van der Waals surface area contributed by atoms with Gasteiger partial charge in [-0.15, -0.1) is 0 Å². The van der Waals surface area contributed by atoms with Crippen LogP contribution >= 0.6 is 0 Å². The van der Waals surface area contributed by atoms with Crippen LogP contribution in [0.15, 0.2) is 36.4 Å². The number of carbonyl (C=O) groups excluding carboxylic acids is 1. The number of pyridine rings is 1. The summed E-state index contributed by atoms with van der Waals surface area (Å²) in [6.07, 6.45) is 0. The zero-order valence-electron chi connectivity index (χ0n) is 11.7. The number of hydrogen-bond acceptors (Lipinski definition) is 3. The van der Waals surface area contributed by atoms with Gasteiger partial charge in [-0.1, -0.05) is 24.3 Å². The van der Waals surface area contributed by atoms with Gasteiger partial charge in [-0.2, -0.15) is 0 Å². The van der Waals surface area contributed by atoms with Crippen molar-refractivity contribution >= 4 is 5.91 Å². The molecule has 0 aliphatic rings. The van der Waals surface area contributed by atoms with E-state index >= 15 is 0 Å². The molecule has 2 aromatic rings. The first kappa shape index (κ1) is 14.2. The van der Waals surface area contributed by atoms with Crippen molar-refractivity contribution in [1.29, 1.82) is 0 Å². The predicted octanol–water partition coefficient (Wildman–Crippen LogP) is 2.12. The molecular weight excluding hydrogens is 252 g/mol. The molecule has 4 nitrogen and oxygen atoms in total. The molecular formula is C16H18N2O2. The Morgan fingerprint density at radius 3 is 2.35 bits per heavy atom. The molecule has 0 spiro atoms. The Bertz CT molecular complexity index is 606. The van der Waals surface area contributed by atoms with Crippen LogP contribution in [0.5, 0.6) is 0 Å². The van der Waals surface area contributed by atoms with E-state index in [9.17, 15) is 4.79 Å². The highest BCUT2D eigenvalue weighted by Crippen LogP contribution is 2.08. The molecule has 0 unspecified atom stereocenters. The van der Waals surface area contributed by atoms with E-state index in [0.717, 1.165) is 22.5 Å². The van der Waals surface area contributed by atoms with Crippen molar-refractivity contribution in [3.05, 3.63) is 64.5 Å². The summed E-state index contributed by atoms with van der Waals surface area (Å²) in [5.41, 5.74) is 4.09. The third-order valence-electron chi connectivity index (χ3n) is 3.13. The zero-order chi connectivity index (χ0) is 14.5. The van der Waals surface area contributed by atoms with Crippen molar-refractivity contribution in [2.75, 3.05) is 0 Å². The first-order valence-electron chi connectivity index (χ1n) is 6.51. The van der Waals surface area contributed by atoms with E-state index in [4.69, 9.17) is 5.11 Å². The van der Waals surface area contributed by atoms with Gasteiger partial charge in [0.15, 0.2) is 0 Å². The fourth-order valence-electron chi connectivity index (χ4n) is 1.97. The fourth-order valence-corrected chi connectivity index (χ4v) is 1.97. The summed E-state index contributed by atoms with van der Waals surface area (Å²) >= 11 is 0. The molecule has 0 saturated heterocycles. The monoisotopic (exact) mass is 270 g/mol. The van der Waals surface area contributed by atoms with E-state index < -0.39 is 0 Å². The maximum absolute atomic E-state index is 12.1. The average molecular weight is 270 g/mol. The molecule has 104 valence electrons. The summed E-state index contributed by atoms with van der Waals surface area (Å²) in [7, 11) is 0. The highest BCUT2D eigenvalue weighted by atomic mass is 16.3. The first-order chi connectivity index (χ1) is 9.60. The van der Waals surface area contributed by atoms with Crippen molar-refractivity contribution in [3.63, 3.8) is 0 Å². The number of amides is 1. The second kappa shape index (κ2) is 6.30. The smallest absolute Gasteiger partial charge is 0.253 e. The van der Waals surface area contributed by atoms with E-state index in [-0.39, 0.29) is 12.5 Å². The molecule has 4 heteroatoms. The Labute approximate surface area is 118 Å². The van der Waals surface area contributed by atoms with Crippen LogP contribution in [0, 0.1) is 13.8 Å². The van der Waals surface area contributed by atoms with Gasteiger partial charge in [0.1, 0.15) is 0 Å². The summed E-state index contributed by atoms with van der Waals surface area (Å²) in [6.45, 7) is 4.22. The van der Waals surface area contributed by atoms with E-state index in [1.165, 1.54) is 0 Å². The van der Waals surface area contributed by atoms with Crippen LogP contribution in [-0.2, 0) is 13.2 Å². The molecule has 2 N–H and O–H groups in total. The number of aliphatic hydroxyl groups is 1. The Morgan fingerprint density at radius 1 is 1.10 bits per heavy atom. The minimum atomic E-state index is -0.124. The average Bonchev–Trinajstić information content (AvgIpc) is 2.45. The molecule has 1 aromatic carbocycles. The summed E-state index contributed by atoms with van der Waals surface area (Å²) < 4.78 is 0. The second-order valence-corrected chi connectivity index (χ2v) is 4.74. The maximum Gasteiger partial charge on any atom is 0.253 e. The highest BCUT2D eigenvalue weighted by molar-refractivity contribution is 5.95. The maximum atomic E-state index is 12.1. The van der Waals surface area contributed by atoms with Crippen molar-refractivity contribution < 1.29 is 9.90 Å². The number of benzene rings is 1. The lowest BCUT2D eigenvalue weighted by molar-refractivity contribution is 0.0950. The molecule has 2 rings (SSSR count). The van der Waals surface area contributed by atoms with Crippen LogP contribution in [0.4, 0.5) is 0 Å². The summed E-state index contributed by atoms with van der Waals surface area (Å²) in [6, 6.07) is 11.1. The topological polar surface area (TPSA) is 62.2 Å². The molecule has 0 fully saturated rings. The number of nitrogens with zero attached hydrogens (tertiary/aromatic N) is 1. The van der Waals surface area contributed by atoms with Crippen LogP contribution < -0.4 is 5.32 Å². The largest absolute Gasteiger partial charge is 0.392 e. The van der Waals surface area contributed by atoms with Crippen molar-refractivity contribution in [2.24, 2.45) is 0 Å². The lowest BCUT2D eigenvalue weighted by atomic mass is 10.1. The van der Waals surface area contributed by atoms with Crippen molar-refractivity contribution in [3.8, 4) is 0 Å². The van der Waals surface area contributed by atoms with E-state index in [1.807, 2.05) is 44.2 Å². The van der Waals surface area contributed by atoms with Gasteiger partial charge in [0.2, 0.25) is 0 Å². The van der Waals surface area contributed by atoms with E-state index in [2.05, 4.69) is 10.3 Å². The minimum absolute atomic E-state index is 0.0286. The molecule has 1 aromatic heterocycles. The molecule has 0 radical (unpaired) electrons. The van der Waals surface area contributed by atoms with Crippen molar-refractivity contribution in [2.45, 2.75) is 27.0 Å². The number of nitrogens with one attached hydrogen (secondary N) is 1. The molecule has 0 aliphatic heterocycles. The van der Waals surface area contributed by atoms with Gasteiger partial charge in [-0.3, -0.25) is 9.78 Å². The first-order valence-corrected chi connectivity index (χ1v) is 6.51. The Kier molecular flexibility index (Phi) is 4.48. The summed E-state index contributed by atoms with van der Waals surface area (Å²) in [4.78, 5) is 16.4. The Hall–Kier alpha value is -2.20. The van der Waals surface area contributed by atoms with Gasteiger partial charge in [0.25, 0.3) is 5.91 Å². The molecule has 1 heterocycles. The highest BCUT2D eigenvalue weighted by Gasteiger charge is 2.09. The molecule has 0 atom stereocenters. The molecule has 0 bridgehead atoms. The van der Waals surface area contributed by atoms with Crippen LogP contribution in [0.3, 0.4) is 0 Å². The van der Waals surface area contributed by atoms with Gasteiger partial charge in [0, 0.05) is 12.2 Å². The van der Waals surface area contributed by atoms with Gasteiger partial charge in [-0.05, 0) is 37.1 Å². The second-order valence-electron chi connectivity index (χ2n) is 4.74. The zero-order valence-corrected chi connectivity index (χ0v) is 11.7. The third-order valence-corrected chi connectivity index (χ3v) is 3.13. The third kappa shape index (κ3) is 3.42. The van der Waals surface area contributed by atoms with Crippen LogP contribution in [0.25, 0.3) is 0 Å². The lowest BCUT2D eigenvalue weighted by Gasteiger charge is -2.08. The number of aliphatic hydroxyl groups excluding tert-OH is 1.